The molecule has 2 heterocycles. The first-order chi connectivity index (χ1) is 9.13. The van der Waals surface area contributed by atoms with Crippen molar-refractivity contribution in [1.29, 1.82) is 0 Å². The molecule has 0 aliphatic rings. The molecule has 0 aliphatic carbocycles. The first-order valence-electron chi connectivity index (χ1n) is 7.07. The van der Waals surface area contributed by atoms with Crippen LogP contribution < -0.4 is 10.6 Å². The van der Waals surface area contributed by atoms with Crippen molar-refractivity contribution in [2.45, 2.75) is 39.0 Å². The van der Waals surface area contributed by atoms with Gasteiger partial charge in [0, 0.05) is 20.3 Å². The van der Waals surface area contributed by atoms with Crippen LogP contribution in [0.3, 0.4) is 0 Å². The maximum absolute atomic E-state index is 6.20. The van der Waals surface area contributed by atoms with Gasteiger partial charge in [-0.1, -0.05) is 26.2 Å². The molecule has 0 fully saturated rings. The molecule has 19 heavy (non-hydrogen) atoms. The number of fused-ring (bicyclic) bond motifs is 1. The molecule has 2 aromatic heterocycles. The first-order valence-corrected chi connectivity index (χ1v) is 7.07. The molecule has 4 heteroatoms. The maximum Gasteiger partial charge on any atom is 0.138 e. The lowest BCUT2D eigenvalue weighted by Crippen LogP contribution is -2.09. The van der Waals surface area contributed by atoms with Gasteiger partial charge in [-0.25, -0.2) is 4.98 Å². The lowest BCUT2D eigenvalue weighted by atomic mass is 10.1. The Labute approximate surface area is 115 Å². The van der Waals surface area contributed by atoms with Crippen molar-refractivity contribution in [2.75, 3.05) is 24.7 Å². The third kappa shape index (κ3) is 3.00. The Bertz CT molecular complexity index is 542. The normalized spacial score (nSPS) is 11.1. The van der Waals surface area contributed by atoms with Gasteiger partial charge in [-0.15, -0.1) is 0 Å². The van der Waals surface area contributed by atoms with Gasteiger partial charge in [-0.05, 0) is 25.0 Å². The predicted octanol–water partition coefficient (Wildman–Crippen LogP) is 3.11. The highest BCUT2D eigenvalue weighted by Crippen LogP contribution is 2.21. The SMILES string of the molecule is CCCCCCc1nc2ccc(N(C)C)cn2c1N. The van der Waals surface area contributed by atoms with Crippen LogP contribution in [0.25, 0.3) is 5.65 Å². The molecule has 0 atom stereocenters. The Kier molecular flexibility index (Phi) is 4.30. The van der Waals surface area contributed by atoms with E-state index < -0.39 is 0 Å². The number of rotatable bonds is 6. The Morgan fingerprint density at radius 1 is 1.21 bits per heavy atom. The van der Waals surface area contributed by atoms with Crippen molar-refractivity contribution >= 4 is 17.2 Å². The van der Waals surface area contributed by atoms with Crippen LogP contribution in [0.1, 0.15) is 38.3 Å². The molecule has 0 aromatic carbocycles. The van der Waals surface area contributed by atoms with E-state index in [1.165, 1.54) is 25.7 Å². The molecule has 0 spiro atoms. The maximum atomic E-state index is 6.20. The fraction of sp³-hybridized carbons (Fsp3) is 0.533. The van der Waals surface area contributed by atoms with Gasteiger partial charge in [-0.3, -0.25) is 4.40 Å². The number of aryl methyl sites for hydroxylation is 1. The zero-order chi connectivity index (χ0) is 13.8. The second kappa shape index (κ2) is 5.95. The minimum Gasteiger partial charge on any atom is -0.383 e. The summed E-state index contributed by atoms with van der Waals surface area (Å²) in [5.41, 5.74) is 9.31. The molecule has 2 aromatic rings. The van der Waals surface area contributed by atoms with Crippen LogP contribution in [0.4, 0.5) is 11.5 Å². The van der Waals surface area contributed by atoms with Gasteiger partial charge in [0.05, 0.1) is 11.4 Å². The van der Waals surface area contributed by atoms with Crippen LogP contribution >= 0.6 is 0 Å². The fourth-order valence-corrected chi connectivity index (χ4v) is 2.27. The summed E-state index contributed by atoms with van der Waals surface area (Å²) >= 11 is 0. The van der Waals surface area contributed by atoms with E-state index in [0.717, 1.165) is 29.3 Å². The lowest BCUT2D eigenvalue weighted by Gasteiger charge is -2.12. The van der Waals surface area contributed by atoms with Crippen LogP contribution in [0, 0.1) is 0 Å². The second-order valence-electron chi connectivity index (χ2n) is 5.26. The zero-order valence-corrected chi connectivity index (χ0v) is 12.2. The van der Waals surface area contributed by atoms with Crippen molar-refractivity contribution in [2.24, 2.45) is 0 Å². The van der Waals surface area contributed by atoms with Crippen LogP contribution in [-0.2, 0) is 6.42 Å². The molecule has 0 aliphatic heterocycles. The molecular weight excluding hydrogens is 236 g/mol. The second-order valence-corrected chi connectivity index (χ2v) is 5.26. The number of unbranched alkanes of at least 4 members (excludes halogenated alkanes) is 3. The number of imidazole rings is 1. The molecule has 0 saturated heterocycles. The molecule has 2 rings (SSSR count). The average molecular weight is 260 g/mol. The van der Waals surface area contributed by atoms with Gasteiger partial charge >= 0.3 is 0 Å². The molecule has 0 saturated carbocycles. The Morgan fingerprint density at radius 2 is 2.00 bits per heavy atom. The molecule has 0 amide bonds. The van der Waals surface area contributed by atoms with Crippen molar-refractivity contribution in [3.8, 4) is 0 Å². The summed E-state index contributed by atoms with van der Waals surface area (Å²) in [7, 11) is 4.06. The molecule has 0 unspecified atom stereocenters. The van der Waals surface area contributed by atoms with Crippen molar-refractivity contribution < 1.29 is 0 Å². The van der Waals surface area contributed by atoms with E-state index in [2.05, 4.69) is 22.9 Å². The summed E-state index contributed by atoms with van der Waals surface area (Å²) in [6.07, 6.45) is 8.00. The van der Waals surface area contributed by atoms with E-state index in [1.54, 1.807) is 0 Å². The Hall–Kier alpha value is -1.71. The molecule has 2 N–H and O–H groups in total. The quantitative estimate of drug-likeness (QED) is 0.812. The summed E-state index contributed by atoms with van der Waals surface area (Å²) in [6.45, 7) is 2.22. The van der Waals surface area contributed by atoms with Crippen molar-refractivity contribution in [1.82, 2.24) is 9.38 Å². The van der Waals surface area contributed by atoms with Crippen LogP contribution in [-0.4, -0.2) is 23.5 Å². The van der Waals surface area contributed by atoms with Crippen molar-refractivity contribution in [3.63, 3.8) is 0 Å². The third-order valence-corrected chi connectivity index (χ3v) is 3.50. The molecule has 4 nitrogen and oxygen atoms in total. The van der Waals surface area contributed by atoms with Gasteiger partial charge in [-0.2, -0.15) is 0 Å². The zero-order valence-electron chi connectivity index (χ0n) is 12.2. The van der Waals surface area contributed by atoms with Crippen molar-refractivity contribution in [3.05, 3.63) is 24.0 Å². The Morgan fingerprint density at radius 3 is 2.68 bits per heavy atom. The van der Waals surface area contributed by atoms with E-state index in [0.29, 0.717) is 0 Å². The minimum absolute atomic E-state index is 0.787. The number of anilines is 2. The van der Waals surface area contributed by atoms with Gasteiger partial charge in [0.1, 0.15) is 11.5 Å². The topological polar surface area (TPSA) is 46.6 Å². The van der Waals surface area contributed by atoms with Crippen LogP contribution in [0.15, 0.2) is 18.3 Å². The van der Waals surface area contributed by atoms with E-state index in [-0.39, 0.29) is 0 Å². The number of hydrogen-bond acceptors (Lipinski definition) is 3. The van der Waals surface area contributed by atoms with E-state index >= 15 is 0 Å². The smallest absolute Gasteiger partial charge is 0.138 e. The largest absolute Gasteiger partial charge is 0.383 e. The number of nitrogens with zero attached hydrogens (tertiary/aromatic N) is 3. The summed E-state index contributed by atoms with van der Waals surface area (Å²) in [5.74, 6) is 0.787. The standard InChI is InChI=1S/C15H24N4/c1-4-5-6-7-8-13-15(16)19-11-12(18(2)3)9-10-14(19)17-13/h9-11H,4-8,16H2,1-3H3. The van der Waals surface area contributed by atoms with Gasteiger partial charge in [0.2, 0.25) is 0 Å². The van der Waals surface area contributed by atoms with Gasteiger partial charge < -0.3 is 10.6 Å². The fourth-order valence-electron chi connectivity index (χ4n) is 2.27. The lowest BCUT2D eigenvalue weighted by molar-refractivity contribution is 0.663. The number of aromatic nitrogens is 2. The summed E-state index contributed by atoms with van der Waals surface area (Å²) in [4.78, 5) is 6.70. The third-order valence-electron chi connectivity index (χ3n) is 3.50. The molecule has 0 bridgehead atoms. The highest BCUT2D eigenvalue weighted by Gasteiger charge is 2.09. The van der Waals surface area contributed by atoms with Gasteiger partial charge in [0.15, 0.2) is 0 Å². The van der Waals surface area contributed by atoms with Crippen LogP contribution in [0.5, 0.6) is 0 Å². The van der Waals surface area contributed by atoms with Crippen LogP contribution in [0.2, 0.25) is 0 Å². The average Bonchev–Trinajstić information content (AvgIpc) is 2.71. The predicted molar refractivity (Wildman–Crippen MR) is 81.8 cm³/mol. The highest BCUT2D eigenvalue weighted by atomic mass is 15.1. The number of nitrogens with two attached hydrogens (primary N) is 1. The summed E-state index contributed by atoms with van der Waals surface area (Å²) in [6, 6.07) is 4.10. The number of pyridine rings is 1. The Balaban J connectivity index is 2.19. The number of nitrogen functional groups attached to an aromatic ring is 1. The van der Waals surface area contributed by atoms with E-state index in [9.17, 15) is 0 Å². The molecule has 104 valence electrons. The molecule has 0 radical (unpaired) electrons. The summed E-state index contributed by atoms with van der Waals surface area (Å²) in [5, 5.41) is 0. The minimum atomic E-state index is 0.787. The molecular formula is C15H24N4. The summed E-state index contributed by atoms with van der Waals surface area (Å²) < 4.78 is 1.99. The highest BCUT2D eigenvalue weighted by molar-refractivity contribution is 5.58. The number of hydrogen-bond donors (Lipinski definition) is 1. The van der Waals surface area contributed by atoms with E-state index in [4.69, 9.17) is 5.73 Å². The van der Waals surface area contributed by atoms with E-state index in [1.807, 2.05) is 30.8 Å². The monoisotopic (exact) mass is 260 g/mol. The first kappa shape index (κ1) is 13.7. The van der Waals surface area contributed by atoms with Gasteiger partial charge in [0.25, 0.3) is 0 Å².